The van der Waals surface area contributed by atoms with E-state index >= 15 is 0 Å². The van der Waals surface area contributed by atoms with E-state index in [2.05, 4.69) is 15.6 Å². The average molecular weight is 438 g/mol. The molecule has 9 nitrogen and oxygen atoms in total. The van der Waals surface area contributed by atoms with Crippen LogP contribution in [0.15, 0.2) is 29.3 Å². The van der Waals surface area contributed by atoms with E-state index in [-0.39, 0.29) is 33.8 Å². The molecule has 0 saturated carbocycles. The molecule has 2 aromatic rings. The molecule has 0 aliphatic heterocycles. The number of benzene rings is 2. The van der Waals surface area contributed by atoms with Gasteiger partial charge in [-0.3, -0.25) is 14.6 Å². The number of amidine groups is 1. The second-order valence-corrected chi connectivity index (χ2v) is 7.68. The fourth-order valence-electron chi connectivity index (χ4n) is 3.66. The quantitative estimate of drug-likeness (QED) is 0.130. The zero-order valence-electron chi connectivity index (χ0n) is 18.1. The van der Waals surface area contributed by atoms with E-state index in [0.717, 1.165) is 0 Å². The third-order valence-corrected chi connectivity index (χ3v) is 5.11. The Bertz CT molecular complexity index is 1120. The Hall–Kier alpha value is -3.88. The molecule has 0 atom stereocenters. The van der Waals surface area contributed by atoms with Gasteiger partial charge in [-0.2, -0.15) is 0 Å². The van der Waals surface area contributed by atoms with E-state index in [1.54, 1.807) is 13.8 Å². The van der Waals surface area contributed by atoms with E-state index in [1.165, 1.54) is 24.3 Å². The summed E-state index contributed by atoms with van der Waals surface area (Å²) in [6.45, 7) is 4.60. The number of nitrogens with zero attached hydrogens (tertiary/aromatic N) is 1. The van der Waals surface area contributed by atoms with Gasteiger partial charge < -0.3 is 32.0 Å². The fraction of sp³-hybridized carbons (Fsp3) is 0.304. The molecule has 0 amide bonds. The standard InChI is InChI=1S/C23H27N5O4/c1-12(24)4-3-9-27-14-5-7-16(29)20-18(14)22(31)21-17(30)8-6-15(19(21)23(20)32)28-11-10-26-13(2)25/h5-8,24,27-30H,3-4,9-11H2,1-2H3,(H2,25,26). The van der Waals surface area contributed by atoms with Crippen molar-refractivity contribution < 1.29 is 19.8 Å². The highest BCUT2D eigenvalue weighted by molar-refractivity contribution is 6.33. The summed E-state index contributed by atoms with van der Waals surface area (Å²) in [5.74, 6) is -1.28. The van der Waals surface area contributed by atoms with Crippen molar-refractivity contribution in [3.63, 3.8) is 0 Å². The van der Waals surface area contributed by atoms with Crippen molar-refractivity contribution in [3.05, 3.63) is 46.5 Å². The Morgan fingerprint density at radius 3 is 1.88 bits per heavy atom. The van der Waals surface area contributed by atoms with Crippen LogP contribution >= 0.6 is 0 Å². The first-order valence-electron chi connectivity index (χ1n) is 10.3. The number of nitrogens with two attached hydrogens (primary N) is 1. The molecule has 0 spiro atoms. The number of ketones is 2. The van der Waals surface area contributed by atoms with Crippen molar-refractivity contribution in [1.82, 2.24) is 0 Å². The summed E-state index contributed by atoms with van der Waals surface area (Å²) < 4.78 is 0. The van der Waals surface area contributed by atoms with Crippen LogP contribution < -0.4 is 16.4 Å². The molecule has 32 heavy (non-hydrogen) atoms. The SMILES string of the molecule is CC(=N)CCCNc1ccc(O)c2c1C(=O)c1c(O)ccc(NCCN=C(C)N)c1C2=O. The second-order valence-electron chi connectivity index (χ2n) is 7.68. The topological polar surface area (TPSA) is 161 Å². The zero-order valence-corrected chi connectivity index (χ0v) is 18.1. The zero-order chi connectivity index (χ0) is 23.4. The molecule has 0 bridgehead atoms. The Morgan fingerprint density at radius 2 is 1.41 bits per heavy atom. The van der Waals surface area contributed by atoms with E-state index in [1.807, 2.05) is 0 Å². The predicted octanol–water partition coefficient (Wildman–Crippen LogP) is 2.89. The number of anilines is 2. The number of aliphatic imine (C=N–C) groups is 1. The number of phenols is 2. The lowest BCUT2D eigenvalue weighted by atomic mass is 9.81. The monoisotopic (exact) mass is 437 g/mol. The lowest BCUT2D eigenvalue weighted by Gasteiger charge is -2.24. The third kappa shape index (κ3) is 4.56. The van der Waals surface area contributed by atoms with Crippen molar-refractivity contribution in [2.75, 3.05) is 30.3 Å². The molecule has 0 fully saturated rings. The minimum absolute atomic E-state index is 0.0165. The van der Waals surface area contributed by atoms with Crippen molar-refractivity contribution in [1.29, 1.82) is 5.41 Å². The highest BCUT2D eigenvalue weighted by atomic mass is 16.3. The number of carbonyl (C=O) groups is 2. The first-order valence-corrected chi connectivity index (χ1v) is 10.3. The summed E-state index contributed by atoms with van der Waals surface area (Å²) >= 11 is 0. The molecule has 1 aliphatic carbocycles. The minimum atomic E-state index is -0.553. The predicted molar refractivity (Wildman–Crippen MR) is 125 cm³/mol. The Kier molecular flexibility index (Phi) is 6.77. The van der Waals surface area contributed by atoms with E-state index in [0.29, 0.717) is 55.4 Å². The molecule has 0 aromatic heterocycles. The largest absolute Gasteiger partial charge is 0.507 e. The molecule has 0 unspecified atom stereocenters. The Morgan fingerprint density at radius 1 is 0.906 bits per heavy atom. The van der Waals surface area contributed by atoms with E-state index in [9.17, 15) is 19.8 Å². The number of phenolic OH excluding ortho intramolecular Hbond substituents is 2. The van der Waals surface area contributed by atoms with Gasteiger partial charge in [0, 0.05) is 30.2 Å². The van der Waals surface area contributed by atoms with Gasteiger partial charge in [-0.1, -0.05) is 0 Å². The summed E-state index contributed by atoms with van der Waals surface area (Å²) in [6.07, 6.45) is 1.28. The van der Waals surface area contributed by atoms with E-state index in [4.69, 9.17) is 11.1 Å². The van der Waals surface area contributed by atoms with Gasteiger partial charge >= 0.3 is 0 Å². The van der Waals surface area contributed by atoms with Crippen LogP contribution in [0.3, 0.4) is 0 Å². The molecular formula is C23H27N5O4. The van der Waals surface area contributed by atoms with Crippen molar-refractivity contribution in [2.24, 2.45) is 10.7 Å². The van der Waals surface area contributed by atoms with Crippen LogP contribution in [0.5, 0.6) is 11.5 Å². The Balaban J connectivity index is 1.99. The first-order chi connectivity index (χ1) is 15.2. The minimum Gasteiger partial charge on any atom is -0.507 e. The van der Waals surface area contributed by atoms with Crippen molar-refractivity contribution in [2.45, 2.75) is 26.7 Å². The van der Waals surface area contributed by atoms with Crippen LogP contribution in [-0.2, 0) is 0 Å². The molecule has 0 radical (unpaired) electrons. The first kappa shape index (κ1) is 22.8. The average Bonchev–Trinajstić information content (AvgIpc) is 2.73. The summed E-state index contributed by atoms with van der Waals surface area (Å²) in [5, 5.41) is 34.6. The molecule has 7 N–H and O–H groups in total. The molecule has 168 valence electrons. The van der Waals surface area contributed by atoms with Crippen LogP contribution in [0, 0.1) is 5.41 Å². The lowest BCUT2D eigenvalue weighted by Crippen LogP contribution is -2.25. The van der Waals surface area contributed by atoms with Gasteiger partial charge in [0.2, 0.25) is 11.6 Å². The highest BCUT2D eigenvalue weighted by Crippen LogP contribution is 2.42. The van der Waals surface area contributed by atoms with Crippen molar-refractivity contribution >= 4 is 34.5 Å². The molecule has 3 rings (SSSR count). The van der Waals surface area contributed by atoms with Crippen LogP contribution in [0.1, 0.15) is 58.5 Å². The van der Waals surface area contributed by atoms with Gasteiger partial charge in [-0.05, 0) is 51.0 Å². The molecule has 9 heteroatoms. The normalized spacial score (nSPS) is 12.9. The number of fused-ring (bicyclic) bond motifs is 2. The Labute approximate surface area is 185 Å². The van der Waals surface area contributed by atoms with Gasteiger partial charge in [0.25, 0.3) is 0 Å². The fourth-order valence-corrected chi connectivity index (χ4v) is 3.66. The maximum atomic E-state index is 13.4. The maximum Gasteiger partial charge on any atom is 0.200 e. The number of aromatic hydroxyl groups is 2. The van der Waals surface area contributed by atoms with Crippen molar-refractivity contribution in [3.8, 4) is 11.5 Å². The number of nitrogens with one attached hydrogen (secondary N) is 3. The number of carbonyl (C=O) groups excluding carboxylic acids is 2. The van der Waals surface area contributed by atoms with Crippen LogP contribution in [0.2, 0.25) is 0 Å². The van der Waals surface area contributed by atoms with Gasteiger partial charge in [-0.25, -0.2) is 0 Å². The molecule has 1 aliphatic rings. The van der Waals surface area contributed by atoms with Gasteiger partial charge in [-0.15, -0.1) is 0 Å². The van der Waals surface area contributed by atoms with Gasteiger partial charge in [0.1, 0.15) is 11.5 Å². The number of hydrogen-bond donors (Lipinski definition) is 6. The summed E-state index contributed by atoms with van der Waals surface area (Å²) in [6, 6.07) is 5.78. The van der Waals surface area contributed by atoms with E-state index < -0.39 is 11.6 Å². The second kappa shape index (κ2) is 9.51. The summed E-state index contributed by atoms with van der Waals surface area (Å²) in [7, 11) is 0. The summed E-state index contributed by atoms with van der Waals surface area (Å²) in [5.41, 5.74) is 6.70. The maximum absolute atomic E-state index is 13.4. The number of rotatable bonds is 9. The smallest absolute Gasteiger partial charge is 0.200 e. The number of hydrogen-bond acceptors (Lipinski definition) is 8. The third-order valence-electron chi connectivity index (χ3n) is 5.11. The molecule has 2 aromatic carbocycles. The van der Waals surface area contributed by atoms with Crippen LogP contribution in [0.25, 0.3) is 0 Å². The van der Waals surface area contributed by atoms with Crippen LogP contribution in [-0.4, -0.2) is 53.0 Å². The highest BCUT2D eigenvalue weighted by Gasteiger charge is 2.37. The lowest BCUT2D eigenvalue weighted by molar-refractivity contribution is 0.0975. The molecular weight excluding hydrogens is 410 g/mol. The summed E-state index contributed by atoms with van der Waals surface area (Å²) in [4.78, 5) is 30.9. The molecule has 0 saturated heterocycles. The van der Waals surface area contributed by atoms with Gasteiger partial charge in [0.05, 0.1) is 34.6 Å². The van der Waals surface area contributed by atoms with Crippen LogP contribution in [0.4, 0.5) is 11.4 Å². The molecule has 0 heterocycles. The van der Waals surface area contributed by atoms with Gasteiger partial charge in [0.15, 0.2) is 0 Å².